The van der Waals surface area contributed by atoms with E-state index in [1.165, 1.54) is 36.0 Å². The van der Waals surface area contributed by atoms with Crippen molar-refractivity contribution in [2.45, 2.75) is 32.6 Å². The minimum absolute atomic E-state index is 0.861. The van der Waals surface area contributed by atoms with E-state index in [2.05, 4.69) is 19.1 Å². The molecule has 0 amide bonds. The molecule has 0 radical (unpaired) electrons. The summed E-state index contributed by atoms with van der Waals surface area (Å²) in [4.78, 5) is 0. The fraction of sp³-hybridized carbons (Fsp3) is 0.467. The summed E-state index contributed by atoms with van der Waals surface area (Å²) in [5, 5.41) is 0. The second kappa shape index (κ2) is 5.26. The molecule has 0 bridgehead atoms. The highest BCUT2D eigenvalue weighted by Gasteiger charge is 2.15. The van der Waals surface area contributed by atoms with Crippen molar-refractivity contribution in [1.82, 2.24) is 0 Å². The second-order valence-corrected chi connectivity index (χ2v) is 4.50. The van der Waals surface area contributed by atoms with E-state index in [4.69, 9.17) is 9.47 Å². The summed E-state index contributed by atoms with van der Waals surface area (Å²) in [6, 6.07) is 4.05. The van der Waals surface area contributed by atoms with Crippen LogP contribution >= 0.6 is 0 Å². The van der Waals surface area contributed by atoms with Gasteiger partial charge in [-0.15, -0.1) is 0 Å². The van der Waals surface area contributed by atoms with E-state index in [1.807, 2.05) is 6.07 Å². The normalized spacial score (nSPS) is 15.4. The quantitative estimate of drug-likeness (QED) is 0.785. The van der Waals surface area contributed by atoms with Crippen LogP contribution in [0.4, 0.5) is 0 Å². The summed E-state index contributed by atoms with van der Waals surface area (Å²) in [6.45, 7) is 2.12. The van der Waals surface area contributed by atoms with Gasteiger partial charge in [-0.1, -0.05) is 6.08 Å². The van der Waals surface area contributed by atoms with Crippen LogP contribution in [0.3, 0.4) is 0 Å². The Morgan fingerprint density at radius 1 is 1.06 bits per heavy atom. The number of aryl methyl sites for hydroxylation is 1. The van der Waals surface area contributed by atoms with Crippen molar-refractivity contribution >= 4 is 5.57 Å². The average molecular weight is 232 g/mol. The summed E-state index contributed by atoms with van der Waals surface area (Å²) in [5.74, 6) is 1.79. The molecule has 0 spiro atoms. The number of ether oxygens (including phenoxy) is 2. The zero-order chi connectivity index (χ0) is 12.3. The molecule has 2 rings (SSSR count). The highest BCUT2D eigenvalue weighted by atomic mass is 16.5. The molecule has 0 aliphatic heterocycles. The summed E-state index contributed by atoms with van der Waals surface area (Å²) < 4.78 is 10.8. The Morgan fingerprint density at radius 2 is 1.88 bits per heavy atom. The van der Waals surface area contributed by atoms with Crippen LogP contribution in [0.25, 0.3) is 5.57 Å². The Morgan fingerprint density at radius 3 is 2.47 bits per heavy atom. The standard InChI is InChI=1S/C15H20O2/c1-11-9-13(16-2)10-14(17-3)15(11)12-7-5-4-6-8-12/h7,9-10H,4-6,8H2,1-3H3. The highest BCUT2D eigenvalue weighted by Crippen LogP contribution is 2.37. The molecule has 0 aromatic heterocycles. The summed E-state index contributed by atoms with van der Waals surface area (Å²) in [6.07, 6.45) is 7.27. The Labute approximate surface area is 103 Å². The molecule has 0 unspecified atom stereocenters. The Bertz CT molecular complexity index is 433. The minimum Gasteiger partial charge on any atom is -0.497 e. The molecule has 2 heteroatoms. The summed E-state index contributed by atoms with van der Waals surface area (Å²) in [7, 11) is 3.41. The molecular formula is C15H20O2. The molecule has 0 N–H and O–H groups in total. The lowest BCUT2D eigenvalue weighted by Gasteiger charge is -2.19. The first-order valence-corrected chi connectivity index (χ1v) is 6.18. The lowest BCUT2D eigenvalue weighted by molar-refractivity contribution is 0.392. The third-order valence-corrected chi connectivity index (χ3v) is 3.34. The molecule has 1 aromatic rings. The van der Waals surface area contributed by atoms with Gasteiger partial charge in [0.1, 0.15) is 11.5 Å². The van der Waals surface area contributed by atoms with Gasteiger partial charge in [-0.05, 0) is 49.8 Å². The zero-order valence-electron chi connectivity index (χ0n) is 10.9. The fourth-order valence-electron chi connectivity index (χ4n) is 2.48. The van der Waals surface area contributed by atoms with Crippen molar-refractivity contribution < 1.29 is 9.47 Å². The SMILES string of the molecule is COc1cc(C)c(C2=CCCCC2)c(OC)c1. The molecule has 0 heterocycles. The van der Waals surface area contributed by atoms with E-state index in [0.29, 0.717) is 0 Å². The maximum Gasteiger partial charge on any atom is 0.130 e. The maximum atomic E-state index is 5.50. The van der Waals surface area contributed by atoms with E-state index in [-0.39, 0.29) is 0 Å². The number of allylic oxidation sites excluding steroid dienone is 2. The summed E-state index contributed by atoms with van der Waals surface area (Å²) >= 11 is 0. The van der Waals surface area contributed by atoms with Gasteiger partial charge >= 0.3 is 0 Å². The van der Waals surface area contributed by atoms with Gasteiger partial charge < -0.3 is 9.47 Å². The van der Waals surface area contributed by atoms with Crippen LogP contribution in [-0.4, -0.2) is 14.2 Å². The van der Waals surface area contributed by atoms with Gasteiger partial charge in [0.2, 0.25) is 0 Å². The lowest BCUT2D eigenvalue weighted by atomic mass is 9.90. The van der Waals surface area contributed by atoms with Crippen LogP contribution in [0.5, 0.6) is 11.5 Å². The van der Waals surface area contributed by atoms with Crippen molar-refractivity contribution in [2.24, 2.45) is 0 Å². The third-order valence-electron chi connectivity index (χ3n) is 3.34. The maximum absolute atomic E-state index is 5.50. The van der Waals surface area contributed by atoms with E-state index >= 15 is 0 Å². The molecule has 2 nitrogen and oxygen atoms in total. The molecular weight excluding hydrogens is 212 g/mol. The average Bonchev–Trinajstić information content (AvgIpc) is 2.38. The lowest BCUT2D eigenvalue weighted by Crippen LogP contribution is -1.99. The first kappa shape index (κ1) is 12.0. The molecule has 17 heavy (non-hydrogen) atoms. The van der Waals surface area contributed by atoms with E-state index in [1.54, 1.807) is 14.2 Å². The van der Waals surface area contributed by atoms with Crippen LogP contribution in [0.1, 0.15) is 36.8 Å². The van der Waals surface area contributed by atoms with Crippen LogP contribution in [0, 0.1) is 6.92 Å². The van der Waals surface area contributed by atoms with E-state index in [9.17, 15) is 0 Å². The topological polar surface area (TPSA) is 18.5 Å². The highest BCUT2D eigenvalue weighted by molar-refractivity contribution is 5.74. The smallest absolute Gasteiger partial charge is 0.130 e. The molecule has 0 fully saturated rings. The Hall–Kier alpha value is -1.44. The van der Waals surface area contributed by atoms with Gasteiger partial charge in [-0.25, -0.2) is 0 Å². The molecule has 0 saturated carbocycles. The monoisotopic (exact) mass is 232 g/mol. The predicted octanol–water partition coefficient (Wildman–Crippen LogP) is 3.97. The largest absolute Gasteiger partial charge is 0.497 e. The van der Waals surface area contributed by atoms with Crippen LogP contribution in [0.2, 0.25) is 0 Å². The van der Waals surface area contributed by atoms with Gasteiger partial charge in [-0.3, -0.25) is 0 Å². The number of methoxy groups -OCH3 is 2. The Balaban J connectivity index is 2.48. The van der Waals surface area contributed by atoms with Gasteiger partial charge in [0.25, 0.3) is 0 Å². The second-order valence-electron chi connectivity index (χ2n) is 4.50. The molecule has 1 aromatic carbocycles. The number of rotatable bonds is 3. The number of hydrogen-bond donors (Lipinski definition) is 0. The molecule has 1 aliphatic carbocycles. The Kier molecular flexibility index (Phi) is 3.72. The van der Waals surface area contributed by atoms with Crippen molar-refractivity contribution in [2.75, 3.05) is 14.2 Å². The van der Waals surface area contributed by atoms with Gasteiger partial charge in [-0.2, -0.15) is 0 Å². The van der Waals surface area contributed by atoms with Crippen LogP contribution in [-0.2, 0) is 0 Å². The predicted molar refractivity (Wildman–Crippen MR) is 70.7 cm³/mol. The first-order valence-electron chi connectivity index (χ1n) is 6.18. The molecule has 92 valence electrons. The first-order chi connectivity index (χ1) is 8.26. The van der Waals surface area contributed by atoms with E-state index in [0.717, 1.165) is 17.9 Å². The van der Waals surface area contributed by atoms with Crippen molar-refractivity contribution in [3.8, 4) is 11.5 Å². The van der Waals surface area contributed by atoms with Crippen LogP contribution in [0.15, 0.2) is 18.2 Å². The third kappa shape index (κ3) is 2.46. The fourth-order valence-corrected chi connectivity index (χ4v) is 2.48. The summed E-state index contributed by atoms with van der Waals surface area (Å²) in [5.41, 5.74) is 3.91. The van der Waals surface area contributed by atoms with Crippen molar-refractivity contribution in [3.63, 3.8) is 0 Å². The van der Waals surface area contributed by atoms with Gasteiger partial charge in [0.15, 0.2) is 0 Å². The molecule has 1 aliphatic rings. The van der Waals surface area contributed by atoms with Crippen molar-refractivity contribution in [3.05, 3.63) is 29.3 Å². The van der Waals surface area contributed by atoms with E-state index < -0.39 is 0 Å². The minimum atomic E-state index is 0.861. The number of benzene rings is 1. The molecule has 0 atom stereocenters. The van der Waals surface area contributed by atoms with Gasteiger partial charge in [0, 0.05) is 11.6 Å². The number of hydrogen-bond acceptors (Lipinski definition) is 2. The zero-order valence-corrected chi connectivity index (χ0v) is 10.9. The van der Waals surface area contributed by atoms with Crippen LogP contribution < -0.4 is 9.47 Å². The molecule has 0 saturated heterocycles. The van der Waals surface area contributed by atoms with Gasteiger partial charge in [0.05, 0.1) is 14.2 Å². The van der Waals surface area contributed by atoms with Crippen molar-refractivity contribution in [1.29, 1.82) is 0 Å².